The minimum Gasteiger partial charge on any atom is -0.389 e. The van der Waals surface area contributed by atoms with Crippen LogP contribution >= 0.6 is 0 Å². The lowest BCUT2D eigenvalue weighted by molar-refractivity contribution is 0.0630. The van der Waals surface area contributed by atoms with Crippen molar-refractivity contribution in [3.63, 3.8) is 0 Å². The van der Waals surface area contributed by atoms with Gasteiger partial charge in [0.15, 0.2) is 5.82 Å². The van der Waals surface area contributed by atoms with Crippen LogP contribution in [0.4, 0.5) is 10.3 Å². The maximum atomic E-state index is 15.5. The van der Waals surface area contributed by atoms with Gasteiger partial charge in [-0.15, -0.1) is 0 Å². The Morgan fingerprint density at radius 3 is 2.61 bits per heavy atom. The quantitative estimate of drug-likeness (QED) is 0.398. The number of aliphatic hydroxyl groups is 1. The van der Waals surface area contributed by atoms with E-state index in [1.807, 2.05) is 13.0 Å². The number of likely N-dealkylation sites (tertiary alicyclic amines) is 1. The van der Waals surface area contributed by atoms with Gasteiger partial charge in [-0.3, -0.25) is 19.8 Å². The Hall–Kier alpha value is -3.63. The molecule has 38 heavy (non-hydrogen) atoms. The highest BCUT2D eigenvalue weighted by atomic mass is 19.1. The number of nitrogens with zero attached hydrogens (tertiary/aromatic N) is 6. The number of carbonyl (C=O) groups is 1. The molecule has 10 heteroatoms. The molecule has 0 radical (unpaired) electrons. The molecule has 1 saturated heterocycles. The van der Waals surface area contributed by atoms with Gasteiger partial charge in [0.25, 0.3) is 5.91 Å². The summed E-state index contributed by atoms with van der Waals surface area (Å²) >= 11 is 0. The van der Waals surface area contributed by atoms with Gasteiger partial charge in [0.05, 0.1) is 34.9 Å². The molecule has 0 aliphatic carbocycles. The molecule has 1 amide bonds. The van der Waals surface area contributed by atoms with Crippen LogP contribution in [0.5, 0.6) is 0 Å². The summed E-state index contributed by atoms with van der Waals surface area (Å²) in [5, 5.41) is 17.6. The molecule has 0 atom stereocenters. The summed E-state index contributed by atoms with van der Waals surface area (Å²) in [6, 6.07) is 7.52. The predicted octanol–water partition coefficient (Wildman–Crippen LogP) is 4.11. The van der Waals surface area contributed by atoms with Crippen LogP contribution in [0, 0.1) is 12.7 Å². The van der Waals surface area contributed by atoms with Crippen molar-refractivity contribution < 1.29 is 14.3 Å². The number of halogens is 1. The van der Waals surface area contributed by atoms with Crippen molar-refractivity contribution in [1.82, 2.24) is 29.2 Å². The summed E-state index contributed by atoms with van der Waals surface area (Å²) in [5.74, 6) is -0.664. The number of hydrogen-bond acceptors (Lipinski definition) is 6. The Labute approximate surface area is 221 Å². The van der Waals surface area contributed by atoms with E-state index < -0.39 is 17.3 Å². The smallest absolute Gasteiger partial charge is 0.261 e. The van der Waals surface area contributed by atoms with E-state index in [0.29, 0.717) is 11.5 Å². The Morgan fingerprint density at radius 2 is 1.95 bits per heavy atom. The van der Waals surface area contributed by atoms with Gasteiger partial charge in [0, 0.05) is 24.5 Å². The number of piperidine rings is 1. The van der Waals surface area contributed by atoms with E-state index in [9.17, 15) is 9.90 Å². The normalized spacial score (nSPS) is 15.3. The number of amides is 1. The molecule has 0 unspecified atom stereocenters. The SMILES string of the molecule is Cc1c(-c2nccc(C(=O)Nc3nc4cc(C5CCN(C)CC5)ccc4n3CC(C)(C)O)c2F)cnn1C. The van der Waals surface area contributed by atoms with Gasteiger partial charge in [-0.1, -0.05) is 6.07 Å². The highest BCUT2D eigenvalue weighted by Crippen LogP contribution is 2.32. The zero-order valence-corrected chi connectivity index (χ0v) is 22.5. The fourth-order valence-corrected chi connectivity index (χ4v) is 5.09. The molecule has 1 aromatic carbocycles. The van der Waals surface area contributed by atoms with Crippen LogP contribution in [0.25, 0.3) is 22.3 Å². The van der Waals surface area contributed by atoms with Crippen LogP contribution < -0.4 is 5.32 Å². The summed E-state index contributed by atoms with van der Waals surface area (Å²) < 4.78 is 18.9. The van der Waals surface area contributed by atoms with Crippen LogP contribution in [0.1, 0.15) is 54.2 Å². The first-order valence-corrected chi connectivity index (χ1v) is 12.9. The lowest BCUT2D eigenvalue weighted by atomic mass is 9.89. The summed E-state index contributed by atoms with van der Waals surface area (Å²) in [4.78, 5) is 24.5. The second kappa shape index (κ2) is 9.92. The number of imidazole rings is 1. The van der Waals surface area contributed by atoms with Crippen molar-refractivity contribution in [3.8, 4) is 11.3 Å². The predicted molar refractivity (Wildman–Crippen MR) is 145 cm³/mol. The summed E-state index contributed by atoms with van der Waals surface area (Å²) in [7, 11) is 3.90. The van der Waals surface area contributed by atoms with Gasteiger partial charge in [0.2, 0.25) is 5.95 Å². The minimum absolute atomic E-state index is 0.0658. The molecule has 1 aliphatic heterocycles. The van der Waals surface area contributed by atoms with Gasteiger partial charge < -0.3 is 14.6 Å². The third-order valence-corrected chi connectivity index (χ3v) is 7.36. The van der Waals surface area contributed by atoms with Gasteiger partial charge in [-0.2, -0.15) is 5.10 Å². The molecule has 1 fully saturated rings. The largest absolute Gasteiger partial charge is 0.389 e. The number of pyridine rings is 1. The maximum absolute atomic E-state index is 15.5. The molecule has 2 N–H and O–H groups in total. The molecule has 0 bridgehead atoms. The summed E-state index contributed by atoms with van der Waals surface area (Å²) in [5.41, 5.74) is 2.85. The van der Waals surface area contributed by atoms with E-state index >= 15 is 4.39 Å². The zero-order valence-electron chi connectivity index (χ0n) is 22.5. The van der Waals surface area contributed by atoms with E-state index in [-0.39, 0.29) is 23.8 Å². The molecule has 0 saturated carbocycles. The number of aromatic nitrogens is 5. The number of carbonyl (C=O) groups excluding carboxylic acids is 1. The topological polar surface area (TPSA) is 101 Å². The second-order valence-electron chi connectivity index (χ2n) is 10.9. The van der Waals surface area contributed by atoms with Crippen molar-refractivity contribution in [2.24, 2.45) is 7.05 Å². The van der Waals surface area contributed by atoms with Crippen LogP contribution in [0.15, 0.2) is 36.7 Å². The van der Waals surface area contributed by atoms with Crippen molar-refractivity contribution in [1.29, 1.82) is 0 Å². The Morgan fingerprint density at radius 1 is 1.21 bits per heavy atom. The molecule has 4 heterocycles. The number of fused-ring (bicyclic) bond motifs is 1. The molecule has 1 aliphatic rings. The van der Waals surface area contributed by atoms with Gasteiger partial charge in [-0.25, -0.2) is 9.37 Å². The van der Waals surface area contributed by atoms with Crippen molar-refractivity contribution in [2.45, 2.75) is 51.7 Å². The number of nitrogens with one attached hydrogen (secondary N) is 1. The average Bonchev–Trinajstić information content (AvgIpc) is 3.37. The Kier molecular flexibility index (Phi) is 6.79. The lowest BCUT2D eigenvalue weighted by Gasteiger charge is -2.29. The highest BCUT2D eigenvalue weighted by Gasteiger charge is 2.25. The molecule has 200 valence electrons. The molecule has 0 spiro atoms. The number of aryl methyl sites for hydroxylation is 1. The lowest BCUT2D eigenvalue weighted by Crippen LogP contribution is -2.29. The van der Waals surface area contributed by atoms with E-state index in [1.54, 1.807) is 30.1 Å². The highest BCUT2D eigenvalue weighted by molar-refractivity contribution is 6.05. The first-order chi connectivity index (χ1) is 18.0. The molecular formula is C28H34FN7O2. The van der Waals surface area contributed by atoms with Crippen LogP contribution in [0.2, 0.25) is 0 Å². The van der Waals surface area contributed by atoms with E-state index in [0.717, 1.165) is 42.7 Å². The monoisotopic (exact) mass is 519 g/mol. The van der Waals surface area contributed by atoms with Gasteiger partial charge >= 0.3 is 0 Å². The minimum atomic E-state index is -1.06. The molecule has 3 aromatic heterocycles. The molecule has 5 rings (SSSR count). The van der Waals surface area contributed by atoms with Crippen LogP contribution in [-0.2, 0) is 13.6 Å². The Bertz CT molecular complexity index is 1490. The number of hydrogen-bond donors (Lipinski definition) is 2. The number of benzene rings is 1. The van der Waals surface area contributed by atoms with Crippen molar-refractivity contribution in [3.05, 3.63) is 59.3 Å². The van der Waals surface area contributed by atoms with Gasteiger partial charge in [0.1, 0.15) is 5.69 Å². The molecule has 4 aromatic rings. The first-order valence-electron chi connectivity index (χ1n) is 12.9. The van der Waals surface area contributed by atoms with E-state index in [2.05, 4.69) is 39.5 Å². The summed E-state index contributed by atoms with van der Waals surface area (Å²) in [6.07, 6.45) is 5.10. The molecular weight excluding hydrogens is 485 g/mol. The average molecular weight is 520 g/mol. The van der Waals surface area contributed by atoms with Crippen molar-refractivity contribution in [2.75, 3.05) is 25.5 Å². The third-order valence-electron chi connectivity index (χ3n) is 7.36. The van der Waals surface area contributed by atoms with Crippen LogP contribution in [0.3, 0.4) is 0 Å². The fourth-order valence-electron chi connectivity index (χ4n) is 5.09. The fraction of sp³-hybridized carbons (Fsp3) is 0.429. The summed E-state index contributed by atoms with van der Waals surface area (Å²) in [6.45, 7) is 7.51. The standard InChI is InChI=1S/C28H34FN7O2/c1-17-21(15-31-35(17)5)25-24(29)20(8-11-30-25)26(37)33-27-32-22-14-19(18-9-12-34(4)13-10-18)6-7-23(22)36(27)16-28(2,3)38/h6-8,11,14-15,18,38H,9-10,12-13,16H2,1-5H3,(H,32,33,37). The Balaban J connectivity index is 1.50. The van der Waals surface area contributed by atoms with Crippen molar-refractivity contribution >= 4 is 22.9 Å². The van der Waals surface area contributed by atoms with E-state index in [4.69, 9.17) is 4.98 Å². The third kappa shape index (κ3) is 5.06. The zero-order chi connectivity index (χ0) is 27.2. The van der Waals surface area contributed by atoms with E-state index in [1.165, 1.54) is 24.0 Å². The first kappa shape index (κ1) is 26.0. The number of rotatable bonds is 6. The van der Waals surface area contributed by atoms with Crippen LogP contribution in [-0.4, -0.2) is 66.0 Å². The molecule has 9 nitrogen and oxygen atoms in total. The van der Waals surface area contributed by atoms with Gasteiger partial charge in [-0.05, 0) is 83.4 Å². The maximum Gasteiger partial charge on any atom is 0.261 e. The number of anilines is 1. The second-order valence-corrected chi connectivity index (χ2v) is 10.9.